The van der Waals surface area contributed by atoms with E-state index in [2.05, 4.69) is 4.98 Å². The van der Waals surface area contributed by atoms with Gasteiger partial charge in [-0.2, -0.15) is 0 Å². The molecule has 0 bridgehead atoms. The fraction of sp³-hybridized carbons (Fsp3) is 0.240. The van der Waals surface area contributed by atoms with Gasteiger partial charge < -0.3 is 10.0 Å². The topological polar surface area (TPSA) is 73.7 Å². The number of phenols is 1. The van der Waals surface area contributed by atoms with Crippen LogP contribution < -0.4 is 4.90 Å². The number of aryl methyl sites for hydroxylation is 1. The summed E-state index contributed by atoms with van der Waals surface area (Å²) in [5.74, 6) is 0.449. The molecule has 3 aromatic rings. The second kappa shape index (κ2) is 8.69. The Bertz CT molecular complexity index is 1260. The van der Waals surface area contributed by atoms with E-state index in [1.807, 2.05) is 24.3 Å². The summed E-state index contributed by atoms with van der Waals surface area (Å²) in [6, 6.07) is 12.5. The van der Waals surface area contributed by atoms with E-state index in [4.69, 9.17) is 23.2 Å². The summed E-state index contributed by atoms with van der Waals surface area (Å²) in [6.07, 6.45) is 3.27. The molecule has 1 aromatic heterocycles. The van der Waals surface area contributed by atoms with Gasteiger partial charge in [0.1, 0.15) is 18.1 Å². The molecule has 2 aliphatic rings. The Morgan fingerprint density at radius 2 is 1.73 bits per heavy atom. The summed E-state index contributed by atoms with van der Waals surface area (Å²) in [5, 5.41) is 10.8. The number of anilines is 1. The number of hydrogen-bond acceptors (Lipinski definition) is 4. The average Bonchev–Trinajstić information content (AvgIpc) is 2.79. The van der Waals surface area contributed by atoms with Crippen molar-refractivity contribution in [2.75, 3.05) is 18.0 Å². The maximum absolute atomic E-state index is 13.1. The lowest BCUT2D eigenvalue weighted by atomic mass is 9.99. The lowest BCUT2D eigenvalue weighted by molar-refractivity contribution is -0.132. The van der Waals surface area contributed by atoms with Gasteiger partial charge in [-0.15, -0.1) is 0 Å². The van der Waals surface area contributed by atoms with Crippen molar-refractivity contribution < 1.29 is 14.7 Å². The normalized spacial score (nSPS) is 15.3. The van der Waals surface area contributed by atoms with E-state index >= 15 is 0 Å². The third-order valence-corrected chi connectivity index (χ3v) is 6.59. The van der Waals surface area contributed by atoms with Crippen molar-refractivity contribution in [1.82, 2.24) is 9.88 Å². The Hall–Kier alpha value is -3.09. The number of amides is 2. The number of carbonyl (C=O) groups excluding carboxylic acids is 2. The maximum atomic E-state index is 13.1. The minimum Gasteiger partial charge on any atom is -0.508 e. The van der Waals surface area contributed by atoms with Crippen LogP contribution in [0.2, 0.25) is 10.0 Å². The molecular formula is C25H21Cl2N3O3. The van der Waals surface area contributed by atoms with Crippen molar-refractivity contribution in [3.8, 4) is 16.9 Å². The molecule has 2 amide bonds. The van der Waals surface area contributed by atoms with Crippen molar-refractivity contribution >= 4 is 40.8 Å². The van der Waals surface area contributed by atoms with Gasteiger partial charge in [-0.25, -0.2) is 4.98 Å². The third kappa shape index (κ3) is 4.41. The van der Waals surface area contributed by atoms with Crippen LogP contribution in [0.1, 0.15) is 23.1 Å². The lowest BCUT2D eigenvalue weighted by Crippen LogP contribution is -2.46. The molecular weight excluding hydrogens is 461 g/mol. The predicted molar refractivity (Wildman–Crippen MR) is 128 cm³/mol. The van der Waals surface area contributed by atoms with Gasteiger partial charge in [0.05, 0.1) is 0 Å². The highest BCUT2D eigenvalue weighted by Crippen LogP contribution is 2.32. The Labute approximate surface area is 201 Å². The number of nitrogens with zero attached hydrogens (tertiary/aromatic N) is 3. The van der Waals surface area contributed by atoms with Gasteiger partial charge >= 0.3 is 0 Å². The molecule has 6 nitrogen and oxygen atoms in total. The third-order valence-electron chi connectivity index (χ3n) is 6.15. The summed E-state index contributed by atoms with van der Waals surface area (Å²) in [4.78, 5) is 33.6. The number of pyridine rings is 1. The summed E-state index contributed by atoms with van der Waals surface area (Å²) in [5.41, 5.74) is 4.67. The van der Waals surface area contributed by atoms with Crippen LogP contribution in [0.25, 0.3) is 11.1 Å². The minimum absolute atomic E-state index is 0.0602. The zero-order valence-electron chi connectivity index (χ0n) is 17.7. The standard InChI is InChI=1S/C25H21Cl2N3O3/c26-20-8-17(9-21(27)11-20)18-7-16-2-4-23(32)30(25(16)28-12-18)14-24(33)29-6-5-15-1-3-22(31)10-19(15)13-29/h1,3,7-12,31H,2,4-6,13-14H2. The van der Waals surface area contributed by atoms with E-state index in [1.54, 1.807) is 29.3 Å². The average molecular weight is 482 g/mol. The van der Waals surface area contributed by atoms with E-state index < -0.39 is 0 Å². The number of aromatic nitrogens is 1. The van der Waals surface area contributed by atoms with Crippen molar-refractivity contribution in [3.05, 3.63) is 75.4 Å². The highest BCUT2D eigenvalue weighted by Gasteiger charge is 2.30. The highest BCUT2D eigenvalue weighted by molar-refractivity contribution is 6.35. The van der Waals surface area contributed by atoms with Crippen LogP contribution in [0.3, 0.4) is 0 Å². The van der Waals surface area contributed by atoms with E-state index in [9.17, 15) is 14.7 Å². The first-order valence-electron chi connectivity index (χ1n) is 10.7. The number of aromatic hydroxyl groups is 1. The van der Waals surface area contributed by atoms with Crippen LogP contribution in [0.5, 0.6) is 5.75 Å². The van der Waals surface area contributed by atoms with Crippen molar-refractivity contribution in [2.24, 2.45) is 0 Å². The Morgan fingerprint density at radius 3 is 2.52 bits per heavy atom. The largest absolute Gasteiger partial charge is 0.508 e. The Morgan fingerprint density at radius 1 is 0.939 bits per heavy atom. The van der Waals surface area contributed by atoms with Crippen LogP contribution in [0, 0.1) is 0 Å². The molecule has 2 aliphatic heterocycles. The zero-order valence-corrected chi connectivity index (χ0v) is 19.2. The Kier molecular flexibility index (Phi) is 5.72. The van der Waals surface area contributed by atoms with Crippen LogP contribution in [0.15, 0.2) is 48.7 Å². The van der Waals surface area contributed by atoms with Crippen LogP contribution in [0.4, 0.5) is 5.82 Å². The second-order valence-corrected chi connectivity index (χ2v) is 9.24. The second-order valence-electron chi connectivity index (χ2n) is 8.36. The van der Waals surface area contributed by atoms with Crippen molar-refractivity contribution in [3.63, 3.8) is 0 Å². The van der Waals surface area contributed by atoms with Gasteiger partial charge in [0, 0.05) is 41.3 Å². The van der Waals surface area contributed by atoms with E-state index in [0.29, 0.717) is 41.8 Å². The number of halogens is 2. The quantitative estimate of drug-likeness (QED) is 0.591. The summed E-state index contributed by atoms with van der Waals surface area (Å²) in [7, 11) is 0. The number of fused-ring (bicyclic) bond motifs is 2. The first kappa shape index (κ1) is 21.7. The number of carbonyl (C=O) groups is 2. The molecule has 0 aliphatic carbocycles. The van der Waals surface area contributed by atoms with Gasteiger partial charge in [0.25, 0.3) is 0 Å². The molecule has 0 radical (unpaired) electrons. The van der Waals surface area contributed by atoms with Crippen LogP contribution in [-0.4, -0.2) is 39.9 Å². The number of rotatable bonds is 3. The molecule has 8 heteroatoms. The predicted octanol–water partition coefficient (Wildman–Crippen LogP) is 4.63. The fourth-order valence-corrected chi connectivity index (χ4v) is 4.98. The Balaban J connectivity index is 1.37. The smallest absolute Gasteiger partial charge is 0.243 e. The van der Waals surface area contributed by atoms with Crippen LogP contribution >= 0.6 is 23.2 Å². The SMILES string of the molecule is O=C(CN1C(=O)CCc2cc(-c3cc(Cl)cc(Cl)c3)cnc21)N1CCc2ccc(O)cc2C1. The van der Waals surface area contributed by atoms with Crippen molar-refractivity contribution in [1.29, 1.82) is 0 Å². The summed E-state index contributed by atoms with van der Waals surface area (Å²) >= 11 is 12.3. The van der Waals surface area contributed by atoms with Gasteiger partial charge in [-0.1, -0.05) is 29.3 Å². The number of benzene rings is 2. The van der Waals surface area contributed by atoms with E-state index in [1.165, 1.54) is 4.90 Å². The molecule has 1 N–H and O–H groups in total. The lowest BCUT2D eigenvalue weighted by Gasteiger charge is -2.33. The molecule has 5 rings (SSSR count). The minimum atomic E-state index is -0.141. The van der Waals surface area contributed by atoms with Crippen LogP contribution in [-0.2, 0) is 29.0 Å². The zero-order chi connectivity index (χ0) is 23.1. The molecule has 0 spiro atoms. The summed E-state index contributed by atoms with van der Waals surface area (Å²) < 4.78 is 0. The number of hydrogen-bond donors (Lipinski definition) is 1. The molecule has 168 valence electrons. The maximum Gasteiger partial charge on any atom is 0.243 e. The van der Waals surface area contributed by atoms with Gasteiger partial charge in [-0.05, 0) is 71.5 Å². The summed E-state index contributed by atoms with van der Waals surface area (Å²) in [6.45, 7) is 0.933. The van der Waals surface area contributed by atoms with Crippen molar-refractivity contribution in [2.45, 2.75) is 25.8 Å². The first-order chi connectivity index (χ1) is 15.9. The number of phenolic OH excluding ortho intramolecular Hbond substituents is 1. The molecule has 0 saturated carbocycles. The van der Waals surface area contributed by atoms with E-state index in [0.717, 1.165) is 34.2 Å². The van der Waals surface area contributed by atoms with Gasteiger partial charge in [-0.3, -0.25) is 14.5 Å². The molecule has 0 atom stereocenters. The van der Waals surface area contributed by atoms with E-state index in [-0.39, 0.29) is 24.1 Å². The van der Waals surface area contributed by atoms with Gasteiger partial charge in [0.15, 0.2) is 0 Å². The highest BCUT2D eigenvalue weighted by atomic mass is 35.5. The molecule has 3 heterocycles. The molecule has 0 saturated heterocycles. The fourth-order valence-electron chi connectivity index (χ4n) is 4.46. The first-order valence-corrected chi connectivity index (χ1v) is 11.5. The van der Waals surface area contributed by atoms with Gasteiger partial charge in [0.2, 0.25) is 11.8 Å². The molecule has 33 heavy (non-hydrogen) atoms. The molecule has 0 unspecified atom stereocenters. The molecule has 0 fully saturated rings. The monoisotopic (exact) mass is 481 g/mol. The molecule has 2 aromatic carbocycles.